The van der Waals surface area contributed by atoms with E-state index in [0.717, 1.165) is 34.9 Å². The van der Waals surface area contributed by atoms with Crippen molar-refractivity contribution in [1.82, 2.24) is 0 Å². The molecule has 0 bridgehead atoms. The lowest BCUT2D eigenvalue weighted by molar-refractivity contribution is -0.116. The number of anilines is 2. The van der Waals surface area contributed by atoms with Gasteiger partial charge < -0.3 is 10.6 Å². The molecule has 1 aliphatic carbocycles. The van der Waals surface area contributed by atoms with Crippen molar-refractivity contribution in [2.45, 2.75) is 26.2 Å². The van der Waals surface area contributed by atoms with Crippen LogP contribution in [0.25, 0.3) is 10.8 Å². The molecular weight excluding hydrogens is 384 g/mol. The molecule has 0 saturated heterocycles. The fourth-order valence-corrected chi connectivity index (χ4v) is 3.77. The van der Waals surface area contributed by atoms with Crippen molar-refractivity contribution in [1.29, 1.82) is 0 Å². The molecule has 4 rings (SSSR count). The van der Waals surface area contributed by atoms with Crippen molar-refractivity contribution in [3.05, 3.63) is 82.5 Å². The zero-order valence-corrected chi connectivity index (χ0v) is 16.8. The maximum absolute atomic E-state index is 12.9. The zero-order valence-electron chi connectivity index (χ0n) is 16.1. The molecule has 3 aromatic carbocycles. The first kappa shape index (κ1) is 19.2. The summed E-state index contributed by atoms with van der Waals surface area (Å²) in [7, 11) is 0. The first-order valence-corrected chi connectivity index (χ1v) is 9.99. The van der Waals surface area contributed by atoms with E-state index < -0.39 is 0 Å². The smallest absolute Gasteiger partial charge is 0.256 e. The molecule has 0 aromatic heterocycles. The molecule has 2 N–H and O–H groups in total. The number of benzene rings is 3. The van der Waals surface area contributed by atoms with Gasteiger partial charge in [-0.25, -0.2) is 0 Å². The van der Waals surface area contributed by atoms with E-state index in [-0.39, 0.29) is 11.7 Å². The Labute approximate surface area is 174 Å². The van der Waals surface area contributed by atoms with E-state index in [9.17, 15) is 9.59 Å². The summed E-state index contributed by atoms with van der Waals surface area (Å²) in [6.45, 7) is 1.84. The Morgan fingerprint density at radius 2 is 1.79 bits per heavy atom. The highest BCUT2D eigenvalue weighted by Crippen LogP contribution is 2.31. The van der Waals surface area contributed by atoms with Crippen LogP contribution in [0.5, 0.6) is 0 Å². The lowest BCUT2D eigenvalue weighted by atomic mass is 9.96. The van der Waals surface area contributed by atoms with Crippen LogP contribution in [-0.2, 0) is 4.79 Å². The Bertz CT molecular complexity index is 1150. The summed E-state index contributed by atoms with van der Waals surface area (Å²) in [6, 6.07) is 18.8. The number of fused-ring (bicyclic) bond motifs is 1. The number of hydrogen-bond donors (Lipinski definition) is 2. The minimum Gasteiger partial charge on any atom is -0.357 e. The number of carbonyl (C=O) groups is 2. The molecule has 29 heavy (non-hydrogen) atoms. The van der Waals surface area contributed by atoms with Gasteiger partial charge in [-0.15, -0.1) is 0 Å². The van der Waals surface area contributed by atoms with Gasteiger partial charge in [-0.1, -0.05) is 48.0 Å². The monoisotopic (exact) mass is 404 g/mol. The van der Waals surface area contributed by atoms with E-state index in [0.29, 0.717) is 28.4 Å². The van der Waals surface area contributed by atoms with Crippen LogP contribution in [0.3, 0.4) is 0 Å². The molecule has 5 heteroatoms. The van der Waals surface area contributed by atoms with Gasteiger partial charge in [0.2, 0.25) is 0 Å². The van der Waals surface area contributed by atoms with Crippen LogP contribution < -0.4 is 10.6 Å². The highest BCUT2D eigenvalue weighted by molar-refractivity contribution is 6.33. The molecule has 1 aliphatic rings. The molecule has 0 saturated carbocycles. The average Bonchev–Trinajstić information content (AvgIpc) is 2.73. The Hall–Kier alpha value is -3.11. The standard InChI is InChI=1S/C24H21ClN2O2/c1-15-21(10-5-11-23(15)28)27-22-14-17(12-13-20(22)25)26-24(29)19-9-4-7-16-6-2-3-8-18(16)19/h2-4,6-9,12-14,27H,5,10-11H2,1H3,(H,26,29). The molecule has 0 heterocycles. The van der Waals surface area contributed by atoms with E-state index in [1.807, 2.05) is 49.4 Å². The van der Waals surface area contributed by atoms with E-state index in [4.69, 9.17) is 11.6 Å². The third-order valence-electron chi connectivity index (χ3n) is 5.25. The Morgan fingerprint density at radius 1 is 1.00 bits per heavy atom. The van der Waals surface area contributed by atoms with E-state index in [2.05, 4.69) is 10.6 Å². The number of carbonyl (C=O) groups excluding carboxylic acids is 2. The summed E-state index contributed by atoms with van der Waals surface area (Å²) < 4.78 is 0. The number of rotatable bonds is 4. The molecular formula is C24H21ClN2O2. The normalized spacial score (nSPS) is 14.2. The van der Waals surface area contributed by atoms with E-state index in [1.54, 1.807) is 18.2 Å². The fraction of sp³-hybridized carbons (Fsp3) is 0.167. The molecule has 0 spiro atoms. The van der Waals surface area contributed by atoms with Gasteiger partial charge in [0.15, 0.2) is 5.78 Å². The molecule has 0 atom stereocenters. The number of amides is 1. The van der Waals surface area contributed by atoms with Gasteiger partial charge in [-0.05, 0) is 54.8 Å². The fourth-order valence-electron chi connectivity index (χ4n) is 3.61. The SMILES string of the molecule is CC1=C(Nc2cc(NC(=O)c3cccc4ccccc34)ccc2Cl)CCCC1=O. The average molecular weight is 405 g/mol. The second-order valence-corrected chi connectivity index (χ2v) is 7.59. The Kier molecular flexibility index (Phi) is 5.36. The number of hydrogen-bond acceptors (Lipinski definition) is 3. The summed E-state index contributed by atoms with van der Waals surface area (Å²) in [4.78, 5) is 24.9. The van der Waals surface area contributed by atoms with Crippen LogP contribution in [0.2, 0.25) is 5.02 Å². The second-order valence-electron chi connectivity index (χ2n) is 7.18. The summed E-state index contributed by atoms with van der Waals surface area (Å²) >= 11 is 6.35. The maximum atomic E-state index is 12.9. The van der Waals surface area contributed by atoms with Crippen LogP contribution >= 0.6 is 11.6 Å². The van der Waals surface area contributed by atoms with Gasteiger partial charge in [-0.2, -0.15) is 0 Å². The first-order valence-electron chi connectivity index (χ1n) is 9.61. The van der Waals surface area contributed by atoms with Crippen molar-refractivity contribution < 1.29 is 9.59 Å². The van der Waals surface area contributed by atoms with Gasteiger partial charge in [0, 0.05) is 28.9 Å². The van der Waals surface area contributed by atoms with Crippen molar-refractivity contribution >= 4 is 45.4 Å². The topological polar surface area (TPSA) is 58.2 Å². The summed E-state index contributed by atoms with van der Waals surface area (Å²) in [5.41, 5.74) is 3.56. The summed E-state index contributed by atoms with van der Waals surface area (Å²) in [5.74, 6) is -0.0198. The number of halogens is 1. The lowest BCUT2D eigenvalue weighted by Crippen LogP contribution is -2.15. The summed E-state index contributed by atoms with van der Waals surface area (Å²) in [5, 5.41) is 8.70. The first-order chi connectivity index (χ1) is 14.0. The van der Waals surface area contributed by atoms with Crippen LogP contribution in [0.15, 0.2) is 71.9 Å². The zero-order chi connectivity index (χ0) is 20.4. The van der Waals surface area contributed by atoms with Gasteiger partial charge in [0.05, 0.1) is 10.7 Å². The van der Waals surface area contributed by atoms with Gasteiger partial charge >= 0.3 is 0 Å². The van der Waals surface area contributed by atoms with Gasteiger partial charge in [0.25, 0.3) is 5.91 Å². The van der Waals surface area contributed by atoms with Crippen LogP contribution in [0, 0.1) is 0 Å². The summed E-state index contributed by atoms with van der Waals surface area (Å²) in [6.07, 6.45) is 2.22. The number of nitrogens with one attached hydrogen (secondary N) is 2. The molecule has 0 unspecified atom stereocenters. The second kappa shape index (κ2) is 8.10. The number of Topliss-reactive ketones (excluding diaryl/α,β-unsaturated/α-hetero) is 1. The quantitative estimate of drug-likeness (QED) is 0.545. The molecule has 146 valence electrons. The molecule has 1 amide bonds. The Balaban J connectivity index is 1.60. The molecule has 0 radical (unpaired) electrons. The largest absolute Gasteiger partial charge is 0.357 e. The number of allylic oxidation sites excluding steroid dienone is 2. The molecule has 3 aromatic rings. The van der Waals surface area contributed by atoms with Crippen LogP contribution in [0.4, 0.5) is 11.4 Å². The molecule has 0 fully saturated rings. The predicted molar refractivity (Wildman–Crippen MR) is 119 cm³/mol. The van der Waals surface area contributed by atoms with E-state index in [1.165, 1.54) is 0 Å². The third-order valence-corrected chi connectivity index (χ3v) is 5.58. The van der Waals surface area contributed by atoms with Crippen molar-refractivity contribution in [3.63, 3.8) is 0 Å². The Morgan fingerprint density at radius 3 is 2.66 bits per heavy atom. The van der Waals surface area contributed by atoms with Crippen molar-refractivity contribution in [2.24, 2.45) is 0 Å². The van der Waals surface area contributed by atoms with Gasteiger partial charge in [-0.3, -0.25) is 9.59 Å². The van der Waals surface area contributed by atoms with Crippen LogP contribution in [-0.4, -0.2) is 11.7 Å². The van der Waals surface area contributed by atoms with E-state index >= 15 is 0 Å². The molecule has 0 aliphatic heterocycles. The molecule has 4 nitrogen and oxygen atoms in total. The number of ketones is 1. The van der Waals surface area contributed by atoms with Crippen molar-refractivity contribution in [2.75, 3.05) is 10.6 Å². The van der Waals surface area contributed by atoms with Crippen LogP contribution in [0.1, 0.15) is 36.5 Å². The maximum Gasteiger partial charge on any atom is 0.256 e. The predicted octanol–water partition coefficient (Wildman–Crippen LogP) is 6.18. The third kappa shape index (κ3) is 4.03. The highest BCUT2D eigenvalue weighted by atomic mass is 35.5. The minimum absolute atomic E-state index is 0.162. The van der Waals surface area contributed by atoms with Crippen molar-refractivity contribution in [3.8, 4) is 0 Å². The van der Waals surface area contributed by atoms with Gasteiger partial charge in [0.1, 0.15) is 0 Å². The lowest BCUT2D eigenvalue weighted by Gasteiger charge is -2.20. The minimum atomic E-state index is -0.182. The highest BCUT2D eigenvalue weighted by Gasteiger charge is 2.18.